The lowest BCUT2D eigenvalue weighted by Crippen LogP contribution is -2.49. The Bertz CT molecular complexity index is 848. The molecule has 150 valence electrons. The second kappa shape index (κ2) is 9.74. The SMILES string of the molecule is Cc1ccc(C)c(CC(=O)N(Cc2cccc(Cl)c2)[C@H](C)C(=O)NC(C)C)c1. The highest BCUT2D eigenvalue weighted by molar-refractivity contribution is 6.30. The molecule has 1 N–H and O–H groups in total. The molecule has 0 aliphatic carbocycles. The molecule has 0 radical (unpaired) electrons. The molecule has 28 heavy (non-hydrogen) atoms. The van der Waals surface area contributed by atoms with E-state index in [0.717, 1.165) is 22.3 Å². The zero-order valence-electron chi connectivity index (χ0n) is 17.3. The van der Waals surface area contributed by atoms with Crippen molar-refractivity contribution in [3.05, 3.63) is 69.7 Å². The molecule has 0 unspecified atom stereocenters. The van der Waals surface area contributed by atoms with Crippen molar-refractivity contribution in [2.24, 2.45) is 0 Å². The van der Waals surface area contributed by atoms with Gasteiger partial charge >= 0.3 is 0 Å². The van der Waals surface area contributed by atoms with Gasteiger partial charge in [0, 0.05) is 17.6 Å². The topological polar surface area (TPSA) is 49.4 Å². The van der Waals surface area contributed by atoms with Crippen LogP contribution in [0.25, 0.3) is 0 Å². The standard InChI is InChI=1S/C23H29ClN2O2/c1-15(2)25-23(28)18(5)26(14-19-7-6-8-21(24)12-19)22(27)13-20-11-16(3)9-10-17(20)4/h6-12,15,18H,13-14H2,1-5H3,(H,25,28)/t18-/m1/s1. The van der Waals surface area contributed by atoms with E-state index in [4.69, 9.17) is 11.6 Å². The third-order valence-corrected chi connectivity index (χ3v) is 4.92. The Hall–Kier alpha value is -2.33. The van der Waals surface area contributed by atoms with Gasteiger partial charge in [0.1, 0.15) is 6.04 Å². The monoisotopic (exact) mass is 400 g/mol. The van der Waals surface area contributed by atoms with Crippen LogP contribution in [0.5, 0.6) is 0 Å². The molecule has 0 saturated carbocycles. The first-order valence-corrected chi connectivity index (χ1v) is 9.95. The molecule has 0 aliphatic heterocycles. The van der Waals surface area contributed by atoms with Crippen LogP contribution in [0.4, 0.5) is 0 Å². The average molecular weight is 401 g/mol. The number of hydrogen-bond acceptors (Lipinski definition) is 2. The summed E-state index contributed by atoms with van der Waals surface area (Å²) in [7, 11) is 0. The van der Waals surface area contributed by atoms with E-state index >= 15 is 0 Å². The summed E-state index contributed by atoms with van der Waals surface area (Å²) in [6, 6.07) is 12.9. The number of nitrogens with one attached hydrogen (secondary N) is 1. The van der Waals surface area contributed by atoms with Crippen LogP contribution in [0.15, 0.2) is 42.5 Å². The molecule has 5 heteroatoms. The van der Waals surface area contributed by atoms with Gasteiger partial charge in [-0.15, -0.1) is 0 Å². The quantitative estimate of drug-likeness (QED) is 0.746. The number of benzene rings is 2. The van der Waals surface area contributed by atoms with Crippen molar-refractivity contribution in [3.63, 3.8) is 0 Å². The predicted molar refractivity (Wildman–Crippen MR) is 114 cm³/mol. The van der Waals surface area contributed by atoms with Crippen molar-refractivity contribution >= 4 is 23.4 Å². The Morgan fingerprint density at radius 2 is 1.79 bits per heavy atom. The summed E-state index contributed by atoms with van der Waals surface area (Å²) < 4.78 is 0. The van der Waals surface area contributed by atoms with E-state index in [-0.39, 0.29) is 24.3 Å². The summed E-state index contributed by atoms with van der Waals surface area (Å²) in [5.41, 5.74) is 4.06. The first kappa shape index (κ1) is 22.0. The Balaban J connectivity index is 2.29. The minimum absolute atomic E-state index is 0.0112. The first-order valence-electron chi connectivity index (χ1n) is 9.57. The lowest BCUT2D eigenvalue weighted by molar-refractivity contribution is -0.140. The molecule has 0 fully saturated rings. The summed E-state index contributed by atoms with van der Waals surface area (Å²) in [6.07, 6.45) is 0.257. The van der Waals surface area contributed by atoms with Crippen LogP contribution in [0, 0.1) is 13.8 Å². The summed E-state index contributed by atoms with van der Waals surface area (Å²) in [6.45, 7) is 9.92. The van der Waals surface area contributed by atoms with E-state index in [1.807, 2.05) is 64.1 Å². The van der Waals surface area contributed by atoms with E-state index < -0.39 is 6.04 Å². The predicted octanol–water partition coefficient (Wildman–Crippen LogP) is 4.44. The smallest absolute Gasteiger partial charge is 0.242 e. The van der Waals surface area contributed by atoms with Crippen LogP contribution in [-0.2, 0) is 22.6 Å². The zero-order chi connectivity index (χ0) is 20.8. The molecular formula is C23H29ClN2O2. The summed E-state index contributed by atoms with van der Waals surface area (Å²) >= 11 is 6.10. The van der Waals surface area contributed by atoms with E-state index in [1.165, 1.54) is 0 Å². The Morgan fingerprint density at radius 3 is 2.43 bits per heavy atom. The number of carbonyl (C=O) groups is 2. The summed E-state index contributed by atoms with van der Waals surface area (Å²) in [5, 5.41) is 3.51. The van der Waals surface area contributed by atoms with Gasteiger partial charge in [-0.2, -0.15) is 0 Å². The maximum atomic E-state index is 13.2. The Morgan fingerprint density at radius 1 is 1.07 bits per heavy atom. The van der Waals surface area contributed by atoms with E-state index in [9.17, 15) is 9.59 Å². The lowest BCUT2D eigenvalue weighted by atomic mass is 10.0. The highest BCUT2D eigenvalue weighted by Gasteiger charge is 2.26. The zero-order valence-corrected chi connectivity index (χ0v) is 18.0. The fraction of sp³-hybridized carbons (Fsp3) is 0.391. The number of nitrogens with zero attached hydrogens (tertiary/aromatic N) is 1. The van der Waals surface area contributed by atoms with Crippen LogP contribution in [-0.4, -0.2) is 28.8 Å². The second-order valence-electron chi connectivity index (χ2n) is 7.60. The molecule has 2 amide bonds. The largest absolute Gasteiger partial charge is 0.352 e. The van der Waals surface area contributed by atoms with Gasteiger partial charge in [-0.05, 0) is 63.4 Å². The maximum Gasteiger partial charge on any atom is 0.242 e. The number of amides is 2. The van der Waals surface area contributed by atoms with Gasteiger partial charge < -0.3 is 10.2 Å². The molecular weight excluding hydrogens is 372 g/mol. The molecule has 0 saturated heterocycles. The third kappa shape index (κ3) is 6.10. The van der Waals surface area contributed by atoms with E-state index in [1.54, 1.807) is 17.9 Å². The van der Waals surface area contributed by atoms with Crippen molar-refractivity contribution in [2.75, 3.05) is 0 Å². The average Bonchev–Trinajstić information content (AvgIpc) is 2.61. The molecule has 2 rings (SSSR count). The van der Waals surface area contributed by atoms with Gasteiger partial charge in [0.2, 0.25) is 11.8 Å². The number of halogens is 1. The molecule has 0 spiro atoms. The van der Waals surface area contributed by atoms with E-state index in [2.05, 4.69) is 5.32 Å². The second-order valence-corrected chi connectivity index (χ2v) is 8.03. The highest BCUT2D eigenvalue weighted by atomic mass is 35.5. The van der Waals surface area contributed by atoms with Crippen LogP contribution in [0.3, 0.4) is 0 Å². The van der Waals surface area contributed by atoms with Crippen molar-refractivity contribution in [1.82, 2.24) is 10.2 Å². The van der Waals surface area contributed by atoms with Gasteiger partial charge in [-0.3, -0.25) is 9.59 Å². The molecule has 2 aromatic carbocycles. The fourth-order valence-electron chi connectivity index (χ4n) is 3.07. The molecule has 2 aromatic rings. The van der Waals surface area contributed by atoms with Crippen molar-refractivity contribution in [1.29, 1.82) is 0 Å². The first-order chi connectivity index (χ1) is 13.2. The lowest BCUT2D eigenvalue weighted by Gasteiger charge is -2.29. The van der Waals surface area contributed by atoms with E-state index in [0.29, 0.717) is 11.6 Å². The number of carbonyl (C=O) groups excluding carboxylic acids is 2. The van der Waals surface area contributed by atoms with Crippen LogP contribution in [0.1, 0.15) is 43.0 Å². The van der Waals surface area contributed by atoms with Crippen molar-refractivity contribution in [3.8, 4) is 0 Å². The van der Waals surface area contributed by atoms with Crippen LogP contribution < -0.4 is 5.32 Å². The summed E-state index contributed by atoms with van der Waals surface area (Å²) in [4.78, 5) is 27.4. The third-order valence-electron chi connectivity index (χ3n) is 4.69. The van der Waals surface area contributed by atoms with Crippen LogP contribution in [0.2, 0.25) is 5.02 Å². The molecule has 0 aromatic heterocycles. The van der Waals surface area contributed by atoms with Gasteiger partial charge in [-0.1, -0.05) is 47.5 Å². The van der Waals surface area contributed by atoms with Crippen molar-refractivity contribution < 1.29 is 9.59 Å². The van der Waals surface area contributed by atoms with Gasteiger partial charge in [-0.25, -0.2) is 0 Å². The normalized spacial score (nSPS) is 12.0. The van der Waals surface area contributed by atoms with Crippen LogP contribution >= 0.6 is 11.6 Å². The highest BCUT2D eigenvalue weighted by Crippen LogP contribution is 2.18. The van der Waals surface area contributed by atoms with Gasteiger partial charge in [0.25, 0.3) is 0 Å². The van der Waals surface area contributed by atoms with Gasteiger partial charge in [0.05, 0.1) is 6.42 Å². The minimum atomic E-state index is -0.584. The number of hydrogen-bond donors (Lipinski definition) is 1. The fourth-order valence-corrected chi connectivity index (χ4v) is 3.29. The molecule has 0 heterocycles. The number of rotatable bonds is 7. The van der Waals surface area contributed by atoms with Gasteiger partial charge in [0.15, 0.2) is 0 Å². The summed E-state index contributed by atoms with van der Waals surface area (Å²) in [5.74, 6) is -0.244. The Labute approximate surface area is 172 Å². The molecule has 0 aliphatic rings. The molecule has 4 nitrogen and oxygen atoms in total. The Kier molecular flexibility index (Phi) is 7.64. The molecule has 0 bridgehead atoms. The number of aryl methyl sites for hydroxylation is 2. The maximum absolute atomic E-state index is 13.2. The minimum Gasteiger partial charge on any atom is -0.352 e. The van der Waals surface area contributed by atoms with Crippen molar-refractivity contribution in [2.45, 2.75) is 59.7 Å². The molecule has 1 atom stereocenters.